The zero-order valence-corrected chi connectivity index (χ0v) is 21.3. The van der Waals surface area contributed by atoms with Crippen molar-refractivity contribution in [2.75, 3.05) is 27.2 Å². The van der Waals surface area contributed by atoms with Gasteiger partial charge < -0.3 is 16.0 Å². The van der Waals surface area contributed by atoms with Gasteiger partial charge in [0.1, 0.15) is 0 Å². The van der Waals surface area contributed by atoms with Crippen molar-refractivity contribution >= 4 is 45.9 Å². The van der Waals surface area contributed by atoms with Crippen molar-refractivity contribution in [3.63, 3.8) is 0 Å². The number of hydrogen-bond acceptors (Lipinski definition) is 4. The lowest BCUT2D eigenvalue weighted by Crippen LogP contribution is -2.46. The number of likely N-dealkylation sites (tertiary alicyclic amines) is 1. The van der Waals surface area contributed by atoms with Crippen LogP contribution in [-0.2, 0) is 21.4 Å². The van der Waals surface area contributed by atoms with Gasteiger partial charge in [-0.25, -0.2) is 8.42 Å². The molecule has 3 N–H and O–H groups in total. The molecule has 1 atom stereocenters. The molecule has 0 aromatic heterocycles. The third-order valence-electron chi connectivity index (χ3n) is 5.30. The second-order valence-corrected chi connectivity index (χ2v) is 9.78. The Kier molecular flexibility index (Phi) is 10.5. The second kappa shape index (κ2) is 11.8. The number of amides is 1. The van der Waals surface area contributed by atoms with Crippen LogP contribution in [0.4, 0.5) is 0 Å². The molecule has 1 aromatic rings. The summed E-state index contributed by atoms with van der Waals surface area (Å²) in [6.07, 6.45) is 2.39. The summed E-state index contributed by atoms with van der Waals surface area (Å²) in [6.45, 7) is 5.85. The number of carbonyl (C=O) groups is 1. The lowest BCUT2D eigenvalue weighted by atomic mass is 9.95. The number of halogens is 1. The Morgan fingerprint density at radius 2 is 1.97 bits per heavy atom. The number of nitrogens with two attached hydrogens (primary N) is 1. The topological polar surface area (TPSA) is 108 Å². The van der Waals surface area contributed by atoms with Crippen molar-refractivity contribution in [1.29, 1.82) is 0 Å². The van der Waals surface area contributed by atoms with E-state index in [0.29, 0.717) is 13.0 Å². The predicted octanol–water partition coefficient (Wildman–Crippen LogP) is 2.00. The number of guanidine groups is 1. The first kappa shape index (κ1) is 26.6. The molecule has 30 heavy (non-hydrogen) atoms. The normalized spacial score (nSPS) is 17.7. The number of aliphatic imine (C=N–C) groups is 1. The number of benzene rings is 1. The number of nitrogens with zero attached hydrogens (tertiary/aromatic N) is 3. The van der Waals surface area contributed by atoms with Crippen LogP contribution in [0.1, 0.15) is 38.7 Å². The van der Waals surface area contributed by atoms with Gasteiger partial charge in [0.05, 0.1) is 4.90 Å². The van der Waals surface area contributed by atoms with Crippen molar-refractivity contribution in [3.8, 4) is 0 Å². The van der Waals surface area contributed by atoms with Crippen LogP contribution in [0.5, 0.6) is 0 Å². The van der Waals surface area contributed by atoms with Crippen LogP contribution in [-0.4, -0.2) is 62.7 Å². The van der Waals surface area contributed by atoms with E-state index in [1.54, 1.807) is 26.2 Å². The van der Waals surface area contributed by atoms with Crippen LogP contribution in [0.2, 0.25) is 0 Å². The molecular formula is C20H34IN5O3S. The highest BCUT2D eigenvalue weighted by molar-refractivity contribution is 14.0. The minimum absolute atomic E-state index is 0. The summed E-state index contributed by atoms with van der Waals surface area (Å²) in [5, 5.41) is 3.33. The fraction of sp³-hybridized carbons (Fsp3) is 0.600. The quantitative estimate of drug-likeness (QED) is 0.306. The van der Waals surface area contributed by atoms with Crippen LogP contribution >= 0.6 is 24.0 Å². The second-order valence-electron chi connectivity index (χ2n) is 7.78. The standard InChI is InChI=1S/C20H33N5O3S.HI/c1-15(2)24(4)29(27,28)18-9-7-16(8-10-18)13-23-20(22-3)25-11-5-6-17(14-25)12-19(21)26;/h7-10,15,17H,5-6,11-14H2,1-4H3,(H2,21,26)(H,22,23);1H. The van der Waals surface area contributed by atoms with Gasteiger partial charge in [0, 0.05) is 46.2 Å². The molecule has 8 nitrogen and oxygen atoms in total. The van der Waals surface area contributed by atoms with Crippen LogP contribution in [0.15, 0.2) is 34.2 Å². The molecule has 1 aromatic carbocycles. The summed E-state index contributed by atoms with van der Waals surface area (Å²) < 4.78 is 26.5. The summed E-state index contributed by atoms with van der Waals surface area (Å²) in [5.41, 5.74) is 6.30. The molecule has 1 fully saturated rings. The molecule has 2 rings (SSSR count). The number of primary amides is 1. The van der Waals surface area contributed by atoms with Gasteiger partial charge in [0.15, 0.2) is 5.96 Å². The molecule has 170 valence electrons. The number of piperidine rings is 1. The Morgan fingerprint density at radius 3 is 2.50 bits per heavy atom. The van der Waals surface area contributed by atoms with E-state index in [2.05, 4.69) is 15.2 Å². The Balaban J connectivity index is 0.00000450. The highest BCUT2D eigenvalue weighted by Gasteiger charge is 2.24. The maximum atomic E-state index is 12.6. The van der Waals surface area contributed by atoms with E-state index < -0.39 is 10.0 Å². The number of sulfonamides is 1. The summed E-state index contributed by atoms with van der Waals surface area (Å²) >= 11 is 0. The van der Waals surface area contributed by atoms with Gasteiger partial charge in [0.2, 0.25) is 15.9 Å². The van der Waals surface area contributed by atoms with E-state index in [9.17, 15) is 13.2 Å². The first-order valence-corrected chi connectivity index (χ1v) is 11.4. The number of nitrogens with one attached hydrogen (secondary N) is 1. The number of carbonyl (C=O) groups excluding carboxylic acids is 1. The Morgan fingerprint density at radius 1 is 1.33 bits per heavy atom. The van der Waals surface area contributed by atoms with Crippen molar-refractivity contribution in [2.45, 2.75) is 50.6 Å². The van der Waals surface area contributed by atoms with Crippen molar-refractivity contribution in [1.82, 2.24) is 14.5 Å². The summed E-state index contributed by atoms with van der Waals surface area (Å²) in [4.78, 5) is 18.0. The van der Waals surface area contributed by atoms with Crippen LogP contribution < -0.4 is 11.1 Å². The summed E-state index contributed by atoms with van der Waals surface area (Å²) in [7, 11) is -0.161. The molecule has 0 saturated carbocycles. The van der Waals surface area contributed by atoms with E-state index in [1.807, 2.05) is 26.0 Å². The molecule has 0 radical (unpaired) electrons. The van der Waals surface area contributed by atoms with E-state index in [0.717, 1.165) is 37.5 Å². The SMILES string of the molecule is CN=C(NCc1ccc(S(=O)(=O)N(C)C(C)C)cc1)N1CCCC(CC(N)=O)C1.I. The molecule has 1 aliphatic rings. The summed E-state index contributed by atoms with van der Waals surface area (Å²) in [5.74, 6) is 0.760. The lowest BCUT2D eigenvalue weighted by molar-refractivity contribution is -0.119. The number of rotatable bonds is 7. The van der Waals surface area contributed by atoms with Gasteiger partial charge in [-0.05, 0) is 50.3 Å². The highest BCUT2D eigenvalue weighted by atomic mass is 127. The third kappa shape index (κ3) is 7.09. The lowest BCUT2D eigenvalue weighted by Gasteiger charge is -2.34. The van der Waals surface area contributed by atoms with Gasteiger partial charge >= 0.3 is 0 Å². The summed E-state index contributed by atoms with van der Waals surface area (Å²) in [6, 6.07) is 6.80. The highest BCUT2D eigenvalue weighted by Crippen LogP contribution is 2.20. The Labute approximate surface area is 197 Å². The van der Waals surface area contributed by atoms with Gasteiger partial charge in [-0.2, -0.15) is 4.31 Å². The number of hydrogen-bond donors (Lipinski definition) is 2. The van der Waals surface area contributed by atoms with Gasteiger partial charge in [-0.3, -0.25) is 9.79 Å². The molecule has 1 heterocycles. The fourth-order valence-corrected chi connectivity index (χ4v) is 4.81. The Hall–Kier alpha value is -1.40. The van der Waals surface area contributed by atoms with E-state index in [1.165, 1.54) is 4.31 Å². The molecule has 0 bridgehead atoms. The van der Waals surface area contributed by atoms with Crippen molar-refractivity contribution in [3.05, 3.63) is 29.8 Å². The molecular weight excluding hydrogens is 517 g/mol. The van der Waals surface area contributed by atoms with E-state index in [4.69, 9.17) is 5.73 Å². The first-order chi connectivity index (χ1) is 13.6. The fourth-order valence-electron chi connectivity index (χ4n) is 3.45. The van der Waals surface area contributed by atoms with Gasteiger partial charge in [-0.1, -0.05) is 12.1 Å². The first-order valence-electron chi connectivity index (χ1n) is 9.96. The zero-order valence-electron chi connectivity index (χ0n) is 18.2. The minimum Gasteiger partial charge on any atom is -0.370 e. The molecule has 0 aliphatic carbocycles. The monoisotopic (exact) mass is 551 g/mol. The van der Waals surface area contributed by atoms with E-state index >= 15 is 0 Å². The average Bonchev–Trinajstić information content (AvgIpc) is 2.68. The molecule has 1 unspecified atom stereocenters. The van der Waals surface area contributed by atoms with Crippen LogP contribution in [0.3, 0.4) is 0 Å². The van der Waals surface area contributed by atoms with Gasteiger partial charge in [-0.15, -0.1) is 24.0 Å². The smallest absolute Gasteiger partial charge is 0.243 e. The third-order valence-corrected chi connectivity index (χ3v) is 7.35. The largest absolute Gasteiger partial charge is 0.370 e. The Bertz CT molecular complexity index is 827. The molecule has 10 heteroatoms. The van der Waals surface area contributed by atoms with Crippen molar-refractivity contribution in [2.24, 2.45) is 16.6 Å². The van der Waals surface area contributed by atoms with Crippen molar-refractivity contribution < 1.29 is 13.2 Å². The molecule has 1 saturated heterocycles. The molecule has 1 amide bonds. The molecule has 1 aliphatic heterocycles. The van der Waals surface area contributed by atoms with Crippen LogP contribution in [0.25, 0.3) is 0 Å². The average molecular weight is 551 g/mol. The van der Waals surface area contributed by atoms with Gasteiger partial charge in [0.25, 0.3) is 0 Å². The predicted molar refractivity (Wildman–Crippen MR) is 130 cm³/mol. The maximum Gasteiger partial charge on any atom is 0.243 e. The molecule has 0 spiro atoms. The van der Waals surface area contributed by atoms with E-state index in [-0.39, 0.29) is 46.7 Å². The maximum absolute atomic E-state index is 12.6. The zero-order chi connectivity index (χ0) is 21.6. The minimum atomic E-state index is -3.48. The van der Waals surface area contributed by atoms with Crippen LogP contribution in [0, 0.1) is 5.92 Å².